The normalized spacial score (nSPS) is 13.7. The molecule has 27 heavy (non-hydrogen) atoms. The number of anilines is 3. The minimum Gasteiger partial charge on any atom is -0.465 e. The van der Waals surface area contributed by atoms with Crippen LogP contribution in [0.2, 0.25) is 0 Å². The lowest BCUT2D eigenvalue weighted by molar-refractivity contribution is -0.114. The van der Waals surface area contributed by atoms with Crippen LogP contribution in [-0.4, -0.2) is 51.8 Å². The number of carbonyl (C=O) groups excluding carboxylic acids is 2. The number of carbonyl (C=O) groups is 2. The summed E-state index contributed by atoms with van der Waals surface area (Å²) in [6.07, 6.45) is 0. The zero-order valence-electron chi connectivity index (χ0n) is 15.2. The predicted octanol–water partition coefficient (Wildman–Crippen LogP) is 2.36. The number of hydrogen-bond acceptors (Lipinski definition) is 6. The summed E-state index contributed by atoms with van der Waals surface area (Å²) in [4.78, 5) is 26.4. The number of nitrogens with one attached hydrogen (secondary N) is 2. The second-order valence-corrected chi connectivity index (χ2v) is 6.06. The van der Waals surface area contributed by atoms with Gasteiger partial charge in [0.25, 0.3) is 0 Å². The molecule has 1 amide bonds. The number of morpholine rings is 1. The Hall–Kier alpha value is -3.06. The summed E-state index contributed by atoms with van der Waals surface area (Å²) in [6, 6.07) is 14.6. The van der Waals surface area contributed by atoms with Crippen LogP contribution in [0.5, 0.6) is 0 Å². The Morgan fingerprint density at radius 1 is 1.04 bits per heavy atom. The predicted molar refractivity (Wildman–Crippen MR) is 104 cm³/mol. The molecular formula is C20H23N3O4. The maximum Gasteiger partial charge on any atom is 0.339 e. The van der Waals surface area contributed by atoms with Crippen molar-refractivity contribution in [1.82, 2.24) is 0 Å². The third-order valence-corrected chi connectivity index (χ3v) is 4.30. The molecule has 0 atom stereocenters. The van der Waals surface area contributed by atoms with Crippen molar-refractivity contribution in [1.29, 1.82) is 0 Å². The fourth-order valence-electron chi connectivity index (χ4n) is 2.95. The Labute approximate surface area is 158 Å². The summed E-state index contributed by atoms with van der Waals surface area (Å²) >= 11 is 0. The van der Waals surface area contributed by atoms with Crippen molar-refractivity contribution in [3.8, 4) is 0 Å². The summed E-state index contributed by atoms with van der Waals surface area (Å²) in [6.45, 7) is 2.96. The van der Waals surface area contributed by atoms with Gasteiger partial charge in [0.2, 0.25) is 5.91 Å². The first-order valence-corrected chi connectivity index (χ1v) is 8.82. The second kappa shape index (κ2) is 9.05. The van der Waals surface area contributed by atoms with Crippen molar-refractivity contribution in [2.45, 2.75) is 0 Å². The van der Waals surface area contributed by atoms with Gasteiger partial charge in [-0.1, -0.05) is 24.3 Å². The molecule has 0 spiro atoms. The topological polar surface area (TPSA) is 79.9 Å². The molecule has 0 aliphatic carbocycles. The van der Waals surface area contributed by atoms with E-state index in [2.05, 4.69) is 15.5 Å². The van der Waals surface area contributed by atoms with Crippen molar-refractivity contribution in [2.75, 3.05) is 55.5 Å². The van der Waals surface area contributed by atoms with E-state index >= 15 is 0 Å². The average Bonchev–Trinajstić information content (AvgIpc) is 2.73. The van der Waals surface area contributed by atoms with E-state index < -0.39 is 5.97 Å². The van der Waals surface area contributed by atoms with Gasteiger partial charge in [-0.15, -0.1) is 0 Å². The van der Waals surface area contributed by atoms with Crippen molar-refractivity contribution < 1.29 is 19.1 Å². The number of ether oxygens (including phenoxy) is 2. The molecule has 1 aliphatic heterocycles. The lowest BCUT2D eigenvalue weighted by atomic mass is 10.2. The number of hydrogen-bond donors (Lipinski definition) is 2. The van der Waals surface area contributed by atoms with Crippen LogP contribution in [0.3, 0.4) is 0 Å². The monoisotopic (exact) mass is 369 g/mol. The maximum atomic E-state index is 12.4. The molecule has 142 valence electrons. The molecule has 1 saturated heterocycles. The largest absolute Gasteiger partial charge is 0.465 e. The first-order chi connectivity index (χ1) is 13.2. The van der Waals surface area contributed by atoms with Gasteiger partial charge in [0.15, 0.2) is 0 Å². The van der Waals surface area contributed by atoms with E-state index in [1.807, 2.05) is 24.3 Å². The number of benzene rings is 2. The van der Waals surface area contributed by atoms with Gasteiger partial charge in [0.1, 0.15) is 0 Å². The summed E-state index contributed by atoms with van der Waals surface area (Å²) in [5.74, 6) is -0.647. The van der Waals surface area contributed by atoms with Crippen LogP contribution in [0.1, 0.15) is 10.4 Å². The summed E-state index contributed by atoms with van der Waals surface area (Å²) in [5.41, 5.74) is 2.68. The van der Waals surface area contributed by atoms with E-state index in [4.69, 9.17) is 9.47 Å². The minimum atomic E-state index is -0.448. The molecule has 1 fully saturated rings. The summed E-state index contributed by atoms with van der Waals surface area (Å²) < 4.78 is 10.2. The van der Waals surface area contributed by atoms with Crippen LogP contribution in [0, 0.1) is 0 Å². The van der Waals surface area contributed by atoms with Gasteiger partial charge in [0, 0.05) is 18.8 Å². The van der Waals surface area contributed by atoms with Crippen LogP contribution < -0.4 is 15.5 Å². The highest BCUT2D eigenvalue weighted by atomic mass is 16.5. The third kappa shape index (κ3) is 4.77. The van der Waals surface area contributed by atoms with Crippen LogP contribution in [0.15, 0.2) is 48.5 Å². The van der Waals surface area contributed by atoms with Crippen LogP contribution in [-0.2, 0) is 14.3 Å². The van der Waals surface area contributed by atoms with Gasteiger partial charge in [-0.3, -0.25) is 4.79 Å². The molecule has 3 rings (SSSR count). The first kappa shape index (κ1) is 18.7. The van der Waals surface area contributed by atoms with E-state index in [0.29, 0.717) is 24.5 Å². The molecule has 0 saturated carbocycles. The van der Waals surface area contributed by atoms with E-state index in [1.54, 1.807) is 24.3 Å². The molecule has 2 aromatic rings. The molecule has 1 heterocycles. The van der Waals surface area contributed by atoms with Gasteiger partial charge < -0.3 is 25.0 Å². The molecule has 0 unspecified atom stereocenters. The fraction of sp³-hybridized carbons (Fsp3) is 0.300. The molecule has 1 aliphatic rings. The quantitative estimate of drug-likeness (QED) is 0.761. The van der Waals surface area contributed by atoms with Gasteiger partial charge in [-0.2, -0.15) is 0 Å². The van der Waals surface area contributed by atoms with Gasteiger partial charge in [-0.05, 0) is 24.3 Å². The second-order valence-electron chi connectivity index (χ2n) is 6.06. The zero-order chi connectivity index (χ0) is 19.1. The van der Waals surface area contributed by atoms with Crippen molar-refractivity contribution >= 4 is 28.9 Å². The molecule has 0 radical (unpaired) electrons. The summed E-state index contributed by atoms with van der Waals surface area (Å²) in [7, 11) is 1.33. The molecule has 2 N–H and O–H groups in total. The van der Waals surface area contributed by atoms with Crippen LogP contribution in [0.4, 0.5) is 17.1 Å². The minimum absolute atomic E-state index is 0.0332. The van der Waals surface area contributed by atoms with Gasteiger partial charge >= 0.3 is 5.97 Å². The number of amides is 1. The average molecular weight is 369 g/mol. The third-order valence-electron chi connectivity index (χ3n) is 4.30. The highest BCUT2D eigenvalue weighted by Gasteiger charge is 2.16. The Morgan fingerprint density at radius 3 is 2.44 bits per heavy atom. The van der Waals surface area contributed by atoms with Crippen molar-refractivity contribution in [3.63, 3.8) is 0 Å². The first-order valence-electron chi connectivity index (χ1n) is 8.82. The fourth-order valence-corrected chi connectivity index (χ4v) is 2.95. The standard InChI is InChI=1S/C20H23N3O4/c1-26-20(25)15-6-2-3-7-16(15)21-14-19(24)22-17-8-4-5-9-18(17)23-10-12-27-13-11-23/h2-9,21H,10-14H2,1H3,(H,22,24). The number of nitrogens with zero attached hydrogens (tertiary/aromatic N) is 1. The molecule has 7 nitrogen and oxygen atoms in total. The highest BCUT2D eigenvalue weighted by Crippen LogP contribution is 2.26. The molecule has 0 bridgehead atoms. The van der Waals surface area contributed by atoms with E-state index in [9.17, 15) is 9.59 Å². The Balaban J connectivity index is 1.65. The molecule has 7 heteroatoms. The number of methoxy groups -OCH3 is 1. The number of para-hydroxylation sites is 3. The van der Waals surface area contributed by atoms with Gasteiger partial charge in [0.05, 0.1) is 43.8 Å². The maximum absolute atomic E-state index is 12.4. The zero-order valence-corrected chi connectivity index (χ0v) is 15.2. The van der Waals surface area contributed by atoms with E-state index in [0.717, 1.165) is 24.5 Å². The number of esters is 1. The Morgan fingerprint density at radius 2 is 1.70 bits per heavy atom. The van der Waals surface area contributed by atoms with Crippen LogP contribution in [0.25, 0.3) is 0 Å². The smallest absolute Gasteiger partial charge is 0.339 e. The molecular weight excluding hydrogens is 346 g/mol. The highest BCUT2D eigenvalue weighted by molar-refractivity contribution is 5.99. The Kier molecular flexibility index (Phi) is 6.27. The molecule has 0 aromatic heterocycles. The van der Waals surface area contributed by atoms with E-state index in [-0.39, 0.29) is 12.5 Å². The lowest BCUT2D eigenvalue weighted by Gasteiger charge is -2.30. The van der Waals surface area contributed by atoms with Crippen molar-refractivity contribution in [2.24, 2.45) is 0 Å². The van der Waals surface area contributed by atoms with E-state index in [1.165, 1.54) is 7.11 Å². The van der Waals surface area contributed by atoms with Crippen LogP contribution >= 0.6 is 0 Å². The summed E-state index contributed by atoms with van der Waals surface area (Å²) in [5, 5.41) is 5.94. The Bertz CT molecular complexity index is 803. The molecule has 2 aromatic carbocycles. The number of rotatable bonds is 6. The lowest BCUT2D eigenvalue weighted by Crippen LogP contribution is -2.37. The van der Waals surface area contributed by atoms with Gasteiger partial charge in [-0.25, -0.2) is 4.79 Å². The SMILES string of the molecule is COC(=O)c1ccccc1NCC(=O)Nc1ccccc1N1CCOCC1. The van der Waals surface area contributed by atoms with Crippen molar-refractivity contribution in [3.05, 3.63) is 54.1 Å².